The van der Waals surface area contributed by atoms with Crippen LogP contribution in [0, 0.1) is 5.92 Å². The summed E-state index contributed by atoms with van der Waals surface area (Å²) in [6.07, 6.45) is 13.0. The zero-order chi connectivity index (χ0) is 8.93. The molecule has 0 saturated heterocycles. The number of aromatic nitrogens is 2. The van der Waals surface area contributed by atoms with Gasteiger partial charge in [-0.05, 0) is 37.7 Å². The third-order valence-corrected chi connectivity index (χ3v) is 2.47. The van der Waals surface area contributed by atoms with Crippen molar-refractivity contribution in [1.29, 1.82) is 0 Å². The number of hydrogen-bond donors (Lipinski definition) is 0. The van der Waals surface area contributed by atoms with Gasteiger partial charge >= 0.3 is 0 Å². The fourth-order valence-corrected chi connectivity index (χ4v) is 1.76. The lowest BCUT2D eigenvalue weighted by Gasteiger charge is -2.15. The lowest BCUT2D eigenvalue weighted by molar-refractivity contribution is 0.533. The first-order valence-corrected chi connectivity index (χ1v) is 4.87. The van der Waals surface area contributed by atoms with Crippen molar-refractivity contribution in [2.24, 2.45) is 5.92 Å². The molecule has 1 aromatic heterocycles. The Bertz CT molecular complexity index is 279. The standard InChI is InChI=1S/C11H14N2/c1-2-4-10(5-3-1)8-11-6-7-12-9-13-11/h2,4,6-7,9-10H,1,3,5,8H2/t10-/m0/s1. The summed E-state index contributed by atoms with van der Waals surface area (Å²) in [5, 5.41) is 0. The Morgan fingerprint density at radius 2 is 2.46 bits per heavy atom. The molecule has 1 atom stereocenters. The molecule has 2 heteroatoms. The first-order chi connectivity index (χ1) is 6.45. The van der Waals surface area contributed by atoms with E-state index in [9.17, 15) is 0 Å². The second-order valence-electron chi connectivity index (χ2n) is 3.52. The molecule has 0 aliphatic heterocycles. The predicted molar refractivity (Wildman–Crippen MR) is 52.2 cm³/mol. The molecule has 0 fully saturated rings. The third-order valence-electron chi connectivity index (χ3n) is 2.47. The van der Waals surface area contributed by atoms with E-state index in [0.29, 0.717) is 5.92 Å². The molecule has 1 heterocycles. The van der Waals surface area contributed by atoms with Crippen molar-refractivity contribution in [3.63, 3.8) is 0 Å². The van der Waals surface area contributed by atoms with E-state index in [1.54, 1.807) is 6.33 Å². The smallest absolute Gasteiger partial charge is 0.115 e. The van der Waals surface area contributed by atoms with Crippen LogP contribution in [0.3, 0.4) is 0 Å². The van der Waals surface area contributed by atoms with Crippen LogP contribution < -0.4 is 0 Å². The molecule has 2 rings (SSSR count). The Morgan fingerprint density at radius 3 is 3.15 bits per heavy atom. The molecule has 2 nitrogen and oxygen atoms in total. The van der Waals surface area contributed by atoms with Gasteiger partial charge in [-0.3, -0.25) is 0 Å². The molecule has 0 amide bonds. The molecule has 13 heavy (non-hydrogen) atoms. The fraction of sp³-hybridized carbons (Fsp3) is 0.455. The summed E-state index contributed by atoms with van der Waals surface area (Å²) in [7, 11) is 0. The Morgan fingerprint density at radius 1 is 1.46 bits per heavy atom. The highest BCUT2D eigenvalue weighted by atomic mass is 14.8. The van der Waals surface area contributed by atoms with Crippen LogP contribution in [0.5, 0.6) is 0 Å². The van der Waals surface area contributed by atoms with Crippen molar-refractivity contribution in [3.05, 3.63) is 36.4 Å². The second-order valence-corrected chi connectivity index (χ2v) is 3.52. The van der Waals surface area contributed by atoms with Gasteiger partial charge in [-0.25, -0.2) is 9.97 Å². The maximum Gasteiger partial charge on any atom is 0.115 e. The van der Waals surface area contributed by atoms with Gasteiger partial charge in [0, 0.05) is 11.9 Å². The molecule has 0 aromatic carbocycles. The van der Waals surface area contributed by atoms with Gasteiger partial charge in [0.15, 0.2) is 0 Å². The van der Waals surface area contributed by atoms with Gasteiger partial charge in [-0.1, -0.05) is 12.2 Å². The van der Waals surface area contributed by atoms with Gasteiger partial charge in [-0.15, -0.1) is 0 Å². The Kier molecular flexibility index (Phi) is 2.70. The maximum absolute atomic E-state index is 4.23. The van der Waals surface area contributed by atoms with Crippen molar-refractivity contribution in [1.82, 2.24) is 9.97 Å². The van der Waals surface area contributed by atoms with Gasteiger partial charge in [-0.2, -0.15) is 0 Å². The number of nitrogens with zero attached hydrogens (tertiary/aromatic N) is 2. The Labute approximate surface area is 78.7 Å². The van der Waals surface area contributed by atoms with E-state index < -0.39 is 0 Å². The highest BCUT2D eigenvalue weighted by Crippen LogP contribution is 2.19. The van der Waals surface area contributed by atoms with Crippen LogP contribution in [0.25, 0.3) is 0 Å². The van der Waals surface area contributed by atoms with Crippen molar-refractivity contribution >= 4 is 0 Å². The molecule has 1 aliphatic rings. The van der Waals surface area contributed by atoms with Crippen LogP contribution in [-0.4, -0.2) is 9.97 Å². The summed E-state index contributed by atoms with van der Waals surface area (Å²) in [6, 6.07) is 2.00. The zero-order valence-corrected chi connectivity index (χ0v) is 7.69. The molecule has 1 aliphatic carbocycles. The minimum Gasteiger partial charge on any atom is -0.245 e. The minimum absolute atomic E-state index is 0.698. The summed E-state index contributed by atoms with van der Waals surface area (Å²) in [5.74, 6) is 0.698. The van der Waals surface area contributed by atoms with E-state index in [-0.39, 0.29) is 0 Å². The number of rotatable bonds is 2. The van der Waals surface area contributed by atoms with Crippen molar-refractivity contribution < 1.29 is 0 Å². The van der Waals surface area contributed by atoms with E-state index in [0.717, 1.165) is 12.1 Å². The molecule has 0 N–H and O–H groups in total. The molecule has 0 saturated carbocycles. The highest BCUT2D eigenvalue weighted by Gasteiger charge is 2.09. The van der Waals surface area contributed by atoms with Gasteiger partial charge < -0.3 is 0 Å². The maximum atomic E-state index is 4.23. The topological polar surface area (TPSA) is 25.8 Å². The average molecular weight is 174 g/mol. The van der Waals surface area contributed by atoms with E-state index in [1.807, 2.05) is 12.3 Å². The molecular weight excluding hydrogens is 160 g/mol. The summed E-state index contributed by atoms with van der Waals surface area (Å²) in [6.45, 7) is 0. The molecule has 0 bridgehead atoms. The molecule has 0 unspecified atom stereocenters. The van der Waals surface area contributed by atoms with Crippen LogP contribution in [0.2, 0.25) is 0 Å². The van der Waals surface area contributed by atoms with Crippen molar-refractivity contribution in [2.45, 2.75) is 25.7 Å². The van der Waals surface area contributed by atoms with Crippen molar-refractivity contribution in [3.8, 4) is 0 Å². The van der Waals surface area contributed by atoms with Gasteiger partial charge in [0.1, 0.15) is 6.33 Å². The second kappa shape index (κ2) is 4.17. The summed E-state index contributed by atoms with van der Waals surface area (Å²) < 4.78 is 0. The molecule has 0 radical (unpaired) electrons. The molecule has 0 spiro atoms. The van der Waals surface area contributed by atoms with Crippen LogP contribution in [0.15, 0.2) is 30.7 Å². The summed E-state index contributed by atoms with van der Waals surface area (Å²) in [5.41, 5.74) is 1.16. The van der Waals surface area contributed by atoms with E-state index in [2.05, 4.69) is 22.1 Å². The minimum atomic E-state index is 0.698. The van der Waals surface area contributed by atoms with Crippen LogP contribution in [0.1, 0.15) is 25.0 Å². The normalized spacial score (nSPS) is 21.7. The first kappa shape index (κ1) is 8.42. The van der Waals surface area contributed by atoms with Crippen LogP contribution in [0.4, 0.5) is 0 Å². The van der Waals surface area contributed by atoms with Crippen LogP contribution >= 0.6 is 0 Å². The van der Waals surface area contributed by atoms with Crippen LogP contribution in [-0.2, 0) is 6.42 Å². The molecular formula is C11H14N2. The largest absolute Gasteiger partial charge is 0.245 e. The SMILES string of the molecule is C1=C[C@H](Cc2ccncn2)CCC1. The lowest BCUT2D eigenvalue weighted by atomic mass is 9.92. The first-order valence-electron chi connectivity index (χ1n) is 4.87. The Hall–Kier alpha value is -1.18. The third kappa shape index (κ3) is 2.38. The summed E-state index contributed by atoms with van der Waals surface area (Å²) >= 11 is 0. The predicted octanol–water partition coefficient (Wildman–Crippen LogP) is 2.38. The average Bonchev–Trinajstić information content (AvgIpc) is 2.21. The van der Waals surface area contributed by atoms with E-state index in [1.165, 1.54) is 19.3 Å². The van der Waals surface area contributed by atoms with Gasteiger partial charge in [0.25, 0.3) is 0 Å². The number of allylic oxidation sites excluding steroid dienone is 2. The quantitative estimate of drug-likeness (QED) is 0.643. The zero-order valence-electron chi connectivity index (χ0n) is 7.69. The summed E-state index contributed by atoms with van der Waals surface area (Å²) in [4.78, 5) is 8.14. The lowest BCUT2D eigenvalue weighted by Crippen LogP contribution is -2.05. The number of hydrogen-bond acceptors (Lipinski definition) is 2. The van der Waals surface area contributed by atoms with Gasteiger partial charge in [0.2, 0.25) is 0 Å². The van der Waals surface area contributed by atoms with E-state index in [4.69, 9.17) is 0 Å². The molecule has 68 valence electrons. The monoisotopic (exact) mass is 174 g/mol. The van der Waals surface area contributed by atoms with Gasteiger partial charge in [0.05, 0.1) is 0 Å². The Balaban J connectivity index is 1.98. The molecule has 1 aromatic rings. The van der Waals surface area contributed by atoms with Crippen molar-refractivity contribution in [2.75, 3.05) is 0 Å². The highest BCUT2D eigenvalue weighted by molar-refractivity contribution is 5.04. The fourth-order valence-electron chi connectivity index (χ4n) is 1.76. The van der Waals surface area contributed by atoms with E-state index >= 15 is 0 Å².